The predicted octanol–water partition coefficient (Wildman–Crippen LogP) is 2.25. The monoisotopic (exact) mass is 237 g/mol. The topological polar surface area (TPSA) is 37.4 Å². The second-order valence-corrected chi connectivity index (χ2v) is 6.27. The van der Waals surface area contributed by atoms with Gasteiger partial charge in [0.25, 0.3) is 0 Å². The van der Waals surface area contributed by atoms with Gasteiger partial charge in [0.1, 0.15) is 5.54 Å². The molecule has 17 heavy (non-hydrogen) atoms. The number of ketones is 1. The Hall–Kier alpha value is -0.860. The van der Waals surface area contributed by atoms with Crippen LogP contribution in [-0.4, -0.2) is 28.7 Å². The van der Waals surface area contributed by atoms with Crippen LogP contribution in [0.4, 0.5) is 0 Å². The molecule has 0 aromatic rings. The minimum absolute atomic E-state index is 0.00961. The summed E-state index contributed by atoms with van der Waals surface area (Å²) >= 11 is 0. The van der Waals surface area contributed by atoms with E-state index in [0.29, 0.717) is 5.92 Å². The molecule has 3 nitrogen and oxygen atoms in total. The number of carbonyl (C=O) groups is 2. The molecule has 2 fully saturated rings. The summed E-state index contributed by atoms with van der Waals surface area (Å²) in [7, 11) is 0. The number of carbonyl (C=O) groups excluding carboxylic acids is 2. The third-order valence-electron chi connectivity index (χ3n) is 5.13. The predicted molar refractivity (Wildman–Crippen MR) is 66.5 cm³/mol. The SMILES string of the molecule is CC(=O)N1CCC2(C[C@H]2C)C1(C)C(=O)C(C)C. The lowest BCUT2D eigenvalue weighted by molar-refractivity contribution is -0.146. The van der Waals surface area contributed by atoms with Crippen molar-refractivity contribution in [3.05, 3.63) is 0 Å². The molecule has 0 aromatic heterocycles. The number of hydrogen-bond acceptors (Lipinski definition) is 2. The zero-order valence-corrected chi connectivity index (χ0v) is 11.5. The Morgan fingerprint density at radius 2 is 1.88 bits per heavy atom. The van der Waals surface area contributed by atoms with Crippen molar-refractivity contribution >= 4 is 11.7 Å². The zero-order valence-electron chi connectivity index (χ0n) is 11.5. The van der Waals surface area contributed by atoms with E-state index in [1.807, 2.05) is 25.7 Å². The molecule has 1 amide bonds. The number of amides is 1. The number of rotatable bonds is 2. The molecule has 1 saturated carbocycles. The normalized spacial score (nSPS) is 40.1. The molecule has 1 aliphatic heterocycles. The van der Waals surface area contributed by atoms with Crippen molar-refractivity contribution in [2.75, 3.05) is 6.54 Å². The molecule has 96 valence electrons. The first-order chi connectivity index (χ1) is 7.77. The van der Waals surface area contributed by atoms with E-state index >= 15 is 0 Å². The molecule has 1 saturated heterocycles. The van der Waals surface area contributed by atoms with Gasteiger partial charge in [-0.25, -0.2) is 0 Å². The fraction of sp³-hybridized carbons (Fsp3) is 0.857. The lowest BCUT2D eigenvalue weighted by Gasteiger charge is -2.39. The van der Waals surface area contributed by atoms with Gasteiger partial charge in [0.15, 0.2) is 5.78 Å². The number of nitrogens with zero attached hydrogens (tertiary/aromatic N) is 1. The van der Waals surface area contributed by atoms with Crippen molar-refractivity contribution < 1.29 is 9.59 Å². The van der Waals surface area contributed by atoms with Crippen molar-refractivity contribution in [1.82, 2.24) is 4.90 Å². The maximum absolute atomic E-state index is 12.6. The minimum atomic E-state index is -0.563. The average Bonchev–Trinajstić information content (AvgIpc) is 2.78. The maximum atomic E-state index is 12.6. The van der Waals surface area contributed by atoms with Gasteiger partial charge in [-0.05, 0) is 25.7 Å². The van der Waals surface area contributed by atoms with Crippen LogP contribution in [0.25, 0.3) is 0 Å². The highest BCUT2D eigenvalue weighted by Crippen LogP contribution is 2.67. The van der Waals surface area contributed by atoms with Crippen molar-refractivity contribution in [3.8, 4) is 0 Å². The molecule has 1 heterocycles. The minimum Gasteiger partial charge on any atom is -0.330 e. The van der Waals surface area contributed by atoms with Crippen molar-refractivity contribution in [1.29, 1.82) is 0 Å². The Labute approximate surface area is 104 Å². The van der Waals surface area contributed by atoms with Gasteiger partial charge >= 0.3 is 0 Å². The molecule has 0 N–H and O–H groups in total. The Kier molecular flexibility index (Phi) is 2.64. The van der Waals surface area contributed by atoms with Gasteiger partial charge in [-0.1, -0.05) is 20.8 Å². The molecule has 3 atom stereocenters. The highest BCUT2D eigenvalue weighted by atomic mass is 16.2. The maximum Gasteiger partial charge on any atom is 0.220 e. The van der Waals surface area contributed by atoms with E-state index in [4.69, 9.17) is 0 Å². The molecule has 0 radical (unpaired) electrons. The smallest absolute Gasteiger partial charge is 0.220 e. The Bertz CT molecular complexity index is 376. The van der Waals surface area contributed by atoms with Crippen LogP contribution in [-0.2, 0) is 9.59 Å². The molecule has 1 aliphatic carbocycles. The van der Waals surface area contributed by atoms with Gasteiger partial charge < -0.3 is 4.90 Å². The van der Waals surface area contributed by atoms with Crippen LogP contribution in [0.2, 0.25) is 0 Å². The molecular weight excluding hydrogens is 214 g/mol. The number of Topliss-reactive ketones (excluding diaryl/α,β-unsaturated/α-hetero) is 1. The van der Waals surface area contributed by atoms with Crippen molar-refractivity contribution in [2.24, 2.45) is 17.3 Å². The van der Waals surface area contributed by atoms with Crippen LogP contribution < -0.4 is 0 Å². The highest BCUT2D eigenvalue weighted by Gasteiger charge is 2.70. The summed E-state index contributed by atoms with van der Waals surface area (Å²) in [6, 6.07) is 0. The van der Waals surface area contributed by atoms with Crippen LogP contribution >= 0.6 is 0 Å². The van der Waals surface area contributed by atoms with Gasteiger partial charge in [0.05, 0.1) is 0 Å². The molecule has 1 spiro atoms. The number of likely N-dealkylation sites (tertiary alicyclic amines) is 1. The van der Waals surface area contributed by atoms with Crippen LogP contribution in [0.5, 0.6) is 0 Å². The molecule has 0 bridgehead atoms. The van der Waals surface area contributed by atoms with Gasteiger partial charge in [-0.15, -0.1) is 0 Å². The Morgan fingerprint density at radius 1 is 1.35 bits per heavy atom. The summed E-state index contributed by atoms with van der Waals surface area (Å²) in [5.41, 5.74) is -0.494. The summed E-state index contributed by atoms with van der Waals surface area (Å²) in [5, 5.41) is 0. The molecule has 2 aliphatic rings. The fourth-order valence-electron chi connectivity index (χ4n) is 3.97. The Balaban J connectivity index is 2.43. The van der Waals surface area contributed by atoms with Crippen LogP contribution in [0.1, 0.15) is 47.5 Å². The third kappa shape index (κ3) is 1.40. The van der Waals surface area contributed by atoms with Crippen molar-refractivity contribution in [2.45, 2.75) is 53.0 Å². The van der Waals surface area contributed by atoms with Crippen molar-refractivity contribution in [3.63, 3.8) is 0 Å². The molecule has 3 heteroatoms. The zero-order chi connectivity index (χ0) is 13.0. The quantitative estimate of drug-likeness (QED) is 0.738. The van der Waals surface area contributed by atoms with E-state index in [1.165, 1.54) is 0 Å². The van der Waals surface area contributed by atoms with E-state index in [2.05, 4.69) is 6.92 Å². The fourth-order valence-corrected chi connectivity index (χ4v) is 3.97. The van der Waals surface area contributed by atoms with E-state index in [0.717, 1.165) is 19.4 Å². The lowest BCUT2D eigenvalue weighted by Crippen LogP contribution is -2.56. The summed E-state index contributed by atoms with van der Waals surface area (Å²) in [5.74, 6) is 0.830. The number of hydrogen-bond donors (Lipinski definition) is 0. The highest BCUT2D eigenvalue weighted by molar-refractivity contribution is 5.95. The first kappa shape index (κ1) is 12.6. The Morgan fingerprint density at radius 3 is 2.24 bits per heavy atom. The summed E-state index contributed by atoms with van der Waals surface area (Å²) < 4.78 is 0. The van der Waals surface area contributed by atoms with Crippen LogP contribution in [0.15, 0.2) is 0 Å². The van der Waals surface area contributed by atoms with E-state index < -0.39 is 5.54 Å². The summed E-state index contributed by atoms with van der Waals surface area (Å²) in [6.07, 6.45) is 2.08. The largest absolute Gasteiger partial charge is 0.330 e. The standard InChI is InChI=1S/C14H23NO2/c1-9(2)12(17)13(5)14(8-10(14)3)6-7-15(13)11(4)16/h9-10H,6-8H2,1-5H3/t10-,13?,14?/m1/s1. The second-order valence-electron chi connectivity index (χ2n) is 6.27. The van der Waals surface area contributed by atoms with E-state index in [-0.39, 0.29) is 23.0 Å². The first-order valence-corrected chi connectivity index (χ1v) is 6.60. The summed E-state index contributed by atoms with van der Waals surface area (Å²) in [6.45, 7) is 10.4. The second kappa shape index (κ2) is 3.56. The van der Waals surface area contributed by atoms with Crippen LogP contribution in [0.3, 0.4) is 0 Å². The average molecular weight is 237 g/mol. The van der Waals surface area contributed by atoms with Gasteiger partial charge in [0.2, 0.25) is 5.91 Å². The first-order valence-electron chi connectivity index (χ1n) is 6.60. The van der Waals surface area contributed by atoms with Gasteiger partial charge in [-0.2, -0.15) is 0 Å². The van der Waals surface area contributed by atoms with Gasteiger partial charge in [0, 0.05) is 24.8 Å². The van der Waals surface area contributed by atoms with E-state index in [9.17, 15) is 9.59 Å². The van der Waals surface area contributed by atoms with Gasteiger partial charge in [-0.3, -0.25) is 9.59 Å². The third-order valence-corrected chi connectivity index (χ3v) is 5.13. The molecule has 2 rings (SSSR count). The van der Waals surface area contributed by atoms with Crippen LogP contribution in [0, 0.1) is 17.3 Å². The summed E-state index contributed by atoms with van der Waals surface area (Å²) in [4.78, 5) is 26.2. The molecule has 2 unspecified atom stereocenters. The molecule has 0 aromatic carbocycles. The molecular formula is C14H23NO2. The lowest BCUT2D eigenvalue weighted by atomic mass is 9.75. The van der Waals surface area contributed by atoms with E-state index in [1.54, 1.807) is 6.92 Å².